The SMILES string of the molecule is Cc1cc(C)cc(CSCc2csc(N)n2)c1. The zero-order valence-electron chi connectivity index (χ0n) is 10.1. The van der Waals surface area contributed by atoms with Crippen LogP contribution in [-0.4, -0.2) is 4.98 Å². The van der Waals surface area contributed by atoms with Crippen molar-refractivity contribution in [3.05, 3.63) is 46.0 Å². The number of rotatable bonds is 4. The fraction of sp³-hybridized carbons (Fsp3) is 0.308. The predicted octanol–water partition coefficient (Wildman–Crippen LogP) is 3.78. The molecule has 0 saturated heterocycles. The van der Waals surface area contributed by atoms with E-state index < -0.39 is 0 Å². The molecule has 0 saturated carbocycles. The standard InChI is InChI=1S/C13H16N2S2/c1-9-3-10(2)5-11(4-9)6-16-7-12-8-17-13(14)15-12/h3-5,8H,6-7H2,1-2H3,(H2,14,15). The minimum atomic E-state index is 0.659. The number of thioether (sulfide) groups is 1. The van der Waals surface area contributed by atoms with Crippen LogP contribution in [0.5, 0.6) is 0 Å². The Morgan fingerprint density at radius 2 is 1.88 bits per heavy atom. The van der Waals surface area contributed by atoms with E-state index in [4.69, 9.17) is 5.73 Å². The van der Waals surface area contributed by atoms with Crippen LogP contribution < -0.4 is 5.73 Å². The lowest BCUT2D eigenvalue weighted by Gasteiger charge is -2.04. The summed E-state index contributed by atoms with van der Waals surface area (Å²) in [5.74, 6) is 1.96. The fourth-order valence-electron chi connectivity index (χ4n) is 1.81. The number of anilines is 1. The van der Waals surface area contributed by atoms with Crippen molar-refractivity contribution < 1.29 is 0 Å². The number of thiazole rings is 1. The van der Waals surface area contributed by atoms with Crippen LogP contribution in [0.15, 0.2) is 23.6 Å². The number of nitrogens with zero attached hydrogens (tertiary/aromatic N) is 1. The molecular weight excluding hydrogens is 248 g/mol. The molecule has 0 spiro atoms. The quantitative estimate of drug-likeness (QED) is 0.913. The largest absolute Gasteiger partial charge is 0.375 e. The topological polar surface area (TPSA) is 38.9 Å². The van der Waals surface area contributed by atoms with Crippen molar-refractivity contribution in [1.29, 1.82) is 0 Å². The summed E-state index contributed by atoms with van der Waals surface area (Å²) >= 11 is 3.39. The molecule has 2 N–H and O–H groups in total. The summed E-state index contributed by atoms with van der Waals surface area (Å²) < 4.78 is 0. The smallest absolute Gasteiger partial charge is 0.180 e. The van der Waals surface area contributed by atoms with E-state index >= 15 is 0 Å². The summed E-state index contributed by atoms with van der Waals surface area (Å²) in [6.07, 6.45) is 0. The van der Waals surface area contributed by atoms with Gasteiger partial charge in [0, 0.05) is 16.9 Å². The number of hydrogen-bond donors (Lipinski definition) is 1. The molecular formula is C13H16N2S2. The highest BCUT2D eigenvalue weighted by Gasteiger charge is 2.00. The number of aryl methyl sites for hydroxylation is 2. The summed E-state index contributed by atoms with van der Waals surface area (Å²) in [4.78, 5) is 4.25. The third-order valence-corrected chi connectivity index (χ3v) is 4.13. The number of benzene rings is 1. The maximum atomic E-state index is 5.60. The van der Waals surface area contributed by atoms with Crippen molar-refractivity contribution in [1.82, 2.24) is 4.98 Å². The van der Waals surface area contributed by atoms with Crippen LogP contribution in [0.25, 0.3) is 0 Å². The summed E-state index contributed by atoms with van der Waals surface area (Å²) in [5, 5.41) is 2.69. The maximum Gasteiger partial charge on any atom is 0.180 e. The van der Waals surface area contributed by atoms with E-state index in [-0.39, 0.29) is 0 Å². The molecule has 0 fully saturated rings. The molecule has 2 nitrogen and oxygen atoms in total. The number of nitrogen functional groups attached to an aromatic ring is 1. The second kappa shape index (κ2) is 5.56. The van der Waals surface area contributed by atoms with Gasteiger partial charge in [0.25, 0.3) is 0 Å². The van der Waals surface area contributed by atoms with Gasteiger partial charge in [-0.2, -0.15) is 11.8 Å². The number of aromatic nitrogens is 1. The highest BCUT2D eigenvalue weighted by Crippen LogP contribution is 2.21. The molecule has 2 aromatic rings. The number of nitrogens with two attached hydrogens (primary N) is 1. The van der Waals surface area contributed by atoms with Crippen molar-refractivity contribution in [3.63, 3.8) is 0 Å². The van der Waals surface area contributed by atoms with Gasteiger partial charge in [-0.05, 0) is 19.4 Å². The molecule has 1 aromatic carbocycles. The van der Waals surface area contributed by atoms with E-state index in [0.717, 1.165) is 17.2 Å². The first-order valence-electron chi connectivity index (χ1n) is 5.48. The van der Waals surface area contributed by atoms with E-state index in [1.54, 1.807) is 0 Å². The van der Waals surface area contributed by atoms with E-state index in [2.05, 4.69) is 37.0 Å². The second-order valence-electron chi connectivity index (χ2n) is 4.17. The third-order valence-electron chi connectivity index (χ3n) is 2.37. The van der Waals surface area contributed by atoms with Gasteiger partial charge in [-0.15, -0.1) is 11.3 Å². The molecule has 1 heterocycles. The molecule has 0 aliphatic rings. The summed E-state index contributed by atoms with van der Waals surface area (Å²) in [6.45, 7) is 4.28. The van der Waals surface area contributed by atoms with Gasteiger partial charge in [-0.25, -0.2) is 4.98 Å². The van der Waals surface area contributed by atoms with Gasteiger partial charge in [0.15, 0.2) is 5.13 Å². The number of hydrogen-bond acceptors (Lipinski definition) is 4. The van der Waals surface area contributed by atoms with Crippen molar-refractivity contribution in [3.8, 4) is 0 Å². The van der Waals surface area contributed by atoms with Crippen LogP contribution in [0.2, 0.25) is 0 Å². The molecule has 0 radical (unpaired) electrons. The fourth-order valence-corrected chi connectivity index (χ4v) is 3.34. The molecule has 0 aliphatic heterocycles. The lowest BCUT2D eigenvalue weighted by molar-refractivity contribution is 1.23. The van der Waals surface area contributed by atoms with Crippen molar-refractivity contribution >= 4 is 28.2 Å². The lowest BCUT2D eigenvalue weighted by Crippen LogP contribution is -1.88. The Hall–Kier alpha value is -1.00. The van der Waals surface area contributed by atoms with Gasteiger partial charge < -0.3 is 5.73 Å². The summed E-state index contributed by atoms with van der Waals surface area (Å²) in [5.41, 5.74) is 10.7. The van der Waals surface area contributed by atoms with Gasteiger partial charge in [0.05, 0.1) is 5.69 Å². The average Bonchev–Trinajstić information content (AvgIpc) is 2.63. The van der Waals surface area contributed by atoms with Gasteiger partial charge in [0.2, 0.25) is 0 Å². The first-order valence-corrected chi connectivity index (χ1v) is 7.52. The first kappa shape index (κ1) is 12.5. The maximum absolute atomic E-state index is 5.60. The Morgan fingerprint density at radius 3 is 2.47 bits per heavy atom. The van der Waals surface area contributed by atoms with Crippen LogP contribution in [0.3, 0.4) is 0 Å². The second-order valence-corrected chi connectivity index (χ2v) is 6.04. The molecule has 0 amide bonds. The molecule has 2 rings (SSSR count). The molecule has 0 bridgehead atoms. The summed E-state index contributed by atoms with van der Waals surface area (Å²) in [6, 6.07) is 6.69. The molecule has 90 valence electrons. The van der Waals surface area contributed by atoms with E-state index in [1.165, 1.54) is 28.0 Å². The highest BCUT2D eigenvalue weighted by atomic mass is 32.2. The van der Waals surface area contributed by atoms with Crippen LogP contribution in [-0.2, 0) is 11.5 Å². The van der Waals surface area contributed by atoms with Crippen LogP contribution in [0.1, 0.15) is 22.4 Å². The van der Waals surface area contributed by atoms with Gasteiger partial charge >= 0.3 is 0 Å². The van der Waals surface area contributed by atoms with Crippen LogP contribution in [0.4, 0.5) is 5.13 Å². The highest BCUT2D eigenvalue weighted by molar-refractivity contribution is 7.97. The summed E-state index contributed by atoms with van der Waals surface area (Å²) in [7, 11) is 0. The van der Waals surface area contributed by atoms with E-state index in [0.29, 0.717) is 5.13 Å². The predicted molar refractivity (Wildman–Crippen MR) is 77.4 cm³/mol. The van der Waals surface area contributed by atoms with Crippen molar-refractivity contribution in [2.45, 2.75) is 25.4 Å². The van der Waals surface area contributed by atoms with Gasteiger partial charge in [0.1, 0.15) is 0 Å². The van der Waals surface area contributed by atoms with Crippen LogP contribution in [0, 0.1) is 13.8 Å². The Labute approximate surface area is 110 Å². The molecule has 0 aliphatic carbocycles. The molecule has 4 heteroatoms. The van der Waals surface area contributed by atoms with Crippen LogP contribution >= 0.6 is 23.1 Å². The van der Waals surface area contributed by atoms with E-state index in [9.17, 15) is 0 Å². The molecule has 0 unspecified atom stereocenters. The Bertz CT molecular complexity index is 486. The van der Waals surface area contributed by atoms with Gasteiger partial charge in [-0.1, -0.05) is 29.3 Å². The first-order chi connectivity index (χ1) is 8.13. The molecule has 1 aromatic heterocycles. The van der Waals surface area contributed by atoms with Crippen molar-refractivity contribution in [2.24, 2.45) is 0 Å². The monoisotopic (exact) mass is 264 g/mol. The Kier molecular flexibility index (Phi) is 4.07. The Balaban J connectivity index is 1.89. The Morgan fingerprint density at radius 1 is 1.18 bits per heavy atom. The minimum absolute atomic E-state index is 0.659. The molecule has 17 heavy (non-hydrogen) atoms. The minimum Gasteiger partial charge on any atom is -0.375 e. The zero-order valence-corrected chi connectivity index (χ0v) is 11.7. The van der Waals surface area contributed by atoms with Crippen molar-refractivity contribution in [2.75, 3.05) is 5.73 Å². The third kappa shape index (κ3) is 3.75. The lowest BCUT2D eigenvalue weighted by atomic mass is 10.1. The van der Waals surface area contributed by atoms with E-state index in [1.807, 2.05) is 17.1 Å². The average molecular weight is 264 g/mol. The van der Waals surface area contributed by atoms with Gasteiger partial charge in [-0.3, -0.25) is 0 Å². The zero-order chi connectivity index (χ0) is 12.3. The molecule has 0 atom stereocenters. The normalized spacial score (nSPS) is 10.7.